The van der Waals surface area contributed by atoms with Gasteiger partial charge in [-0.25, -0.2) is 0 Å². The molecule has 1 N–H and O–H groups in total. The fourth-order valence-electron chi connectivity index (χ4n) is 1.96. The molecule has 0 aliphatic carbocycles. The molecule has 0 bridgehead atoms. The van der Waals surface area contributed by atoms with Crippen molar-refractivity contribution in [2.24, 2.45) is 0 Å². The Bertz CT molecular complexity index is 380. The standard InChI is InChI=1S/C14H19NS/c1-11(2)7-8-15-14-10-16-9-12-5-3-4-6-13(12)14/h3-7,14-15H,8-10H2,1-2H3. The molecule has 1 aliphatic heterocycles. The van der Waals surface area contributed by atoms with Crippen LogP contribution in [-0.4, -0.2) is 12.3 Å². The molecule has 1 unspecified atom stereocenters. The molecular weight excluding hydrogens is 214 g/mol. The summed E-state index contributed by atoms with van der Waals surface area (Å²) in [5, 5.41) is 3.61. The van der Waals surface area contributed by atoms with Crippen LogP contribution in [-0.2, 0) is 5.75 Å². The highest BCUT2D eigenvalue weighted by Gasteiger charge is 2.18. The van der Waals surface area contributed by atoms with Crippen molar-refractivity contribution in [3.63, 3.8) is 0 Å². The fourth-order valence-corrected chi connectivity index (χ4v) is 3.09. The highest BCUT2D eigenvalue weighted by molar-refractivity contribution is 7.98. The number of fused-ring (bicyclic) bond motifs is 1. The average Bonchev–Trinajstić information content (AvgIpc) is 2.29. The van der Waals surface area contributed by atoms with Crippen LogP contribution in [0.15, 0.2) is 35.9 Å². The average molecular weight is 233 g/mol. The number of hydrogen-bond acceptors (Lipinski definition) is 2. The van der Waals surface area contributed by atoms with Crippen LogP contribution in [0.5, 0.6) is 0 Å². The third-order valence-electron chi connectivity index (χ3n) is 2.85. The van der Waals surface area contributed by atoms with Gasteiger partial charge in [0.15, 0.2) is 0 Å². The Morgan fingerprint density at radius 3 is 3.06 bits per heavy atom. The lowest BCUT2D eigenvalue weighted by Gasteiger charge is -2.25. The summed E-state index contributed by atoms with van der Waals surface area (Å²) >= 11 is 2.02. The van der Waals surface area contributed by atoms with Crippen molar-refractivity contribution in [3.05, 3.63) is 47.0 Å². The van der Waals surface area contributed by atoms with Gasteiger partial charge < -0.3 is 5.32 Å². The van der Waals surface area contributed by atoms with Crippen molar-refractivity contribution < 1.29 is 0 Å². The third-order valence-corrected chi connectivity index (χ3v) is 3.93. The van der Waals surface area contributed by atoms with Crippen LogP contribution < -0.4 is 5.32 Å². The van der Waals surface area contributed by atoms with Gasteiger partial charge in [0.2, 0.25) is 0 Å². The molecule has 0 radical (unpaired) electrons. The van der Waals surface area contributed by atoms with Gasteiger partial charge in [-0.05, 0) is 25.0 Å². The van der Waals surface area contributed by atoms with Crippen molar-refractivity contribution in [1.29, 1.82) is 0 Å². The first-order chi connectivity index (χ1) is 7.77. The van der Waals surface area contributed by atoms with Crippen LogP contribution in [0, 0.1) is 0 Å². The molecule has 2 rings (SSSR count). The van der Waals surface area contributed by atoms with E-state index in [1.165, 1.54) is 22.5 Å². The number of rotatable bonds is 3. The topological polar surface area (TPSA) is 12.0 Å². The van der Waals surface area contributed by atoms with Crippen LogP contribution in [0.3, 0.4) is 0 Å². The van der Waals surface area contributed by atoms with E-state index in [2.05, 4.69) is 49.5 Å². The minimum atomic E-state index is 0.519. The van der Waals surface area contributed by atoms with E-state index in [4.69, 9.17) is 0 Å². The summed E-state index contributed by atoms with van der Waals surface area (Å²) in [4.78, 5) is 0. The zero-order valence-corrected chi connectivity index (χ0v) is 10.8. The summed E-state index contributed by atoms with van der Waals surface area (Å²) in [6, 6.07) is 9.31. The molecule has 0 saturated heterocycles. The highest BCUT2D eigenvalue weighted by Crippen LogP contribution is 2.31. The zero-order chi connectivity index (χ0) is 11.4. The predicted octanol–water partition coefficient (Wildman–Crippen LogP) is 3.53. The van der Waals surface area contributed by atoms with Gasteiger partial charge in [0.25, 0.3) is 0 Å². The summed E-state index contributed by atoms with van der Waals surface area (Å²) in [6.07, 6.45) is 2.25. The van der Waals surface area contributed by atoms with E-state index in [0.717, 1.165) is 12.3 Å². The lowest BCUT2D eigenvalue weighted by molar-refractivity contribution is 0.616. The molecule has 1 heterocycles. The van der Waals surface area contributed by atoms with Gasteiger partial charge in [-0.15, -0.1) is 0 Å². The SMILES string of the molecule is CC(C)=CCNC1CSCc2ccccc21. The van der Waals surface area contributed by atoms with Crippen LogP contribution >= 0.6 is 11.8 Å². The van der Waals surface area contributed by atoms with Gasteiger partial charge >= 0.3 is 0 Å². The number of nitrogens with one attached hydrogen (secondary N) is 1. The Labute approximate surface area is 102 Å². The maximum absolute atomic E-state index is 3.61. The summed E-state index contributed by atoms with van der Waals surface area (Å²) in [6.45, 7) is 5.26. The normalized spacial score (nSPS) is 19.0. The second-order valence-corrected chi connectivity index (χ2v) is 5.49. The lowest BCUT2D eigenvalue weighted by Crippen LogP contribution is -2.26. The Hall–Kier alpha value is -0.730. The molecule has 1 aromatic rings. The van der Waals surface area contributed by atoms with Crippen LogP contribution in [0.25, 0.3) is 0 Å². The second kappa shape index (κ2) is 5.55. The van der Waals surface area contributed by atoms with Crippen molar-refractivity contribution in [1.82, 2.24) is 5.32 Å². The maximum atomic E-state index is 3.61. The molecule has 0 saturated carbocycles. The maximum Gasteiger partial charge on any atom is 0.0417 e. The number of hydrogen-bond donors (Lipinski definition) is 1. The molecule has 86 valence electrons. The molecule has 0 fully saturated rings. The Morgan fingerprint density at radius 1 is 1.44 bits per heavy atom. The van der Waals surface area contributed by atoms with Crippen LogP contribution in [0.2, 0.25) is 0 Å². The van der Waals surface area contributed by atoms with Crippen LogP contribution in [0.1, 0.15) is 31.0 Å². The quantitative estimate of drug-likeness (QED) is 0.802. The Morgan fingerprint density at radius 2 is 2.25 bits per heavy atom. The van der Waals surface area contributed by atoms with E-state index in [0.29, 0.717) is 6.04 Å². The summed E-state index contributed by atoms with van der Waals surface area (Å²) in [5.74, 6) is 2.35. The zero-order valence-electron chi connectivity index (χ0n) is 9.99. The van der Waals surface area contributed by atoms with Crippen molar-refractivity contribution >= 4 is 11.8 Å². The van der Waals surface area contributed by atoms with Crippen molar-refractivity contribution in [2.75, 3.05) is 12.3 Å². The monoisotopic (exact) mass is 233 g/mol. The fraction of sp³-hybridized carbons (Fsp3) is 0.429. The highest BCUT2D eigenvalue weighted by atomic mass is 32.2. The Kier molecular flexibility index (Phi) is 4.08. The second-order valence-electron chi connectivity index (χ2n) is 4.46. The summed E-state index contributed by atoms with van der Waals surface area (Å²) < 4.78 is 0. The molecule has 2 heteroatoms. The van der Waals surface area contributed by atoms with E-state index >= 15 is 0 Å². The van der Waals surface area contributed by atoms with E-state index in [1.54, 1.807) is 0 Å². The molecule has 16 heavy (non-hydrogen) atoms. The van der Waals surface area contributed by atoms with E-state index in [9.17, 15) is 0 Å². The van der Waals surface area contributed by atoms with Gasteiger partial charge in [0.05, 0.1) is 0 Å². The third kappa shape index (κ3) is 2.89. The van der Waals surface area contributed by atoms with E-state index in [1.807, 2.05) is 11.8 Å². The van der Waals surface area contributed by atoms with Crippen molar-refractivity contribution in [3.8, 4) is 0 Å². The van der Waals surface area contributed by atoms with E-state index < -0.39 is 0 Å². The number of thioether (sulfide) groups is 1. The molecule has 1 nitrogen and oxygen atoms in total. The number of allylic oxidation sites excluding steroid dienone is 1. The summed E-state index contributed by atoms with van der Waals surface area (Å²) in [7, 11) is 0. The predicted molar refractivity (Wildman–Crippen MR) is 72.8 cm³/mol. The molecule has 0 spiro atoms. The lowest BCUT2D eigenvalue weighted by atomic mass is 10.0. The Balaban J connectivity index is 2.04. The molecule has 1 atom stereocenters. The number of benzene rings is 1. The van der Waals surface area contributed by atoms with Gasteiger partial charge in [-0.3, -0.25) is 0 Å². The smallest absolute Gasteiger partial charge is 0.0417 e. The molecule has 1 aromatic carbocycles. The molecule has 0 amide bonds. The molecule has 0 aromatic heterocycles. The summed E-state index contributed by atoms with van der Waals surface area (Å²) in [5.41, 5.74) is 4.36. The first-order valence-electron chi connectivity index (χ1n) is 5.79. The minimum absolute atomic E-state index is 0.519. The van der Waals surface area contributed by atoms with Crippen molar-refractivity contribution in [2.45, 2.75) is 25.6 Å². The van der Waals surface area contributed by atoms with Gasteiger partial charge in [-0.2, -0.15) is 11.8 Å². The van der Waals surface area contributed by atoms with Gasteiger partial charge in [-0.1, -0.05) is 35.9 Å². The largest absolute Gasteiger partial charge is 0.306 e. The van der Waals surface area contributed by atoms with Gasteiger partial charge in [0.1, 0.15) is 0 Å². The minimum Gasteiger partial charge on any atom is -0.306 e. The first kappa shape index (κ1) is 11.7. The van der Waals surface area contributed by atoms with Crippen LogP contribution in [0.4, 0.5) is 0 Å². The van der Waals surface area contributed by atoms with Gasteiger partial charge in [0, 0.05) is 24.1 Å². The molecular formula is C14H19NS. The first-order valence-corrected chi connectivity index (χ1v) is 6.95. The molecule has 1 aliphatic rings. The van der Waals surface area contributed by atoms with E-state index in [-0.39, 0.29) is 0 Å².